The van der Waals surface area contributed by atoms with Crippen LogP contribution in [0.2, 0.25) is 0 Å². The van der Waals surface area contributed by atoms with Gasteiger partial charge in [-0.3, -0.25) is 9.69 Å². The van der Waals surface area contributed by atoms with Gasteiger partial charge in [0, 0.05) is 53.4 Å². The van der Waals surface area contributed by atoms with Gasteiger partial charge in [-0.1, -0.05) is 24.3 Å². The molecule has 46 heavy (non-hydrogen) atoms. The molecular formula is C39H42FN3O3. The Morgan fingerprint density at radius 2 is 1.67 bits per heavy atom. The zero-order valence-corrected chi connectivity index (χ0v) is 26.5. The van der Waals surface area contributed by atoms with E-state index < -0.39 is 0 Å². The van der Waals surface area contributed by atoms with Crippen LogP contribution in [-0.4, -0.2) is 59.1 Å². The lowest BCUT2D eigenvalue weighted by Gasteiger charge is -2.58. The summed E-state index contributed by atoms with van der Waals surface area (Å²) in [5.74, 6) is 2.82. The van der Waals surface area contributed by atoms with Crippen molar-refractivity contribution in [1.82, 2.24) is 14.4 Å². The minimum atomic E-state index is -0.248. The first-order valence-electron chi connectivity index (χ1n) is 16.9. The second-order valence-corrected chi connectivity index (χ2v) is 13.6. The third-order valence-electron chi connectivity index (χ3n) is 11.0. The Kier molecular flexibility index (Phi) is 7.81. The maximum atomic E-state index is 14.1. The van der Waals surface area contributed by atoms with E-state index in [1.807, 2.05) is 18.2 Å². The number of fused-ring (bicyclic) bond motifs is 3. The molecule has 0 unspecified atom stereocenters. The van der Waals surface area contributed by atoms with Gasteiger partial charge in [0.1, 0.15) is 23.9 Å². The van der Waals surface area contributed by atoms with E-state index in [0.29, 0.717) is 37.1 Å². The molecule has 4 fully saturated rings. The van der Waals surface area contributed by atoms with Crippen LogP contribution < -0.4 is 9.47 Å². The fourth-order valence-corrected chi connectivity index (χ4v) is 8.83. The van der Waals surface area contributed by atoms with Crippen LogP contribution in [0.3, 0.4) is 0 Å². The zero-order chi connectivity index (χ0) is 31.2. The molecule has 7 heteroatoms. The number of aromatic nitrogens is 1. The van der Waals surface area contributed by atoms with Crippen molar-refractivity contribution in [3.63, 3.8) is 0 Å². The SMILES string of the molecule is COc1ccc2c(c1)c(/C=C1\CC[C@@H]3[C@H]4CCCN5CCC[C@H](CN3C1=O)[C@@H]45)cn2Cc1ccc(OCc2ccc(F)cc2)cc1. The third kappa shape index (κ3) is 5.49. The Morgan fingerprint density at radius 3 is 2.48 bits per heavy atom. The average molecular weight is 620 g/mol. The van der Waals surface area contributed by atoms with Crippen molar-refractivity contribution in [3.8, 4) is 11.5 Å². The van der Waals surface area contributed by atoms with Gasteiger partial charge < -0.3 is 18.9 Å². The molecule has 4 atom stereocenters. The summed E-state index contributed by atoms with van der Waals surface area (Å²) in [5.41, 5.74) is 5.17. The molecule has 0 spiro atoms. The Labute approximate surface area is 270 Å². The number of piperidine rings is 4. The normalized spacial score (nSPS) is 25.4. The number of carbonyl (C=O) groups is 1. The van der Waals surface area contributed by atoms with E-state index in [1.165, 1.54) is 50.9 Å². The number of hydrogen-bond donors (Lipinski definition) is 0. The number of ether oxygens (including phenoxy) is 2. The van der Waals surface area contributed by atoms with E-state index in [9.17, 15) is 9.18 Å². The number of methoxy groups -OCH3 is 1. The summed E-state index contributed by atoms with van der Waals surface area (Å²) in [5, 5.41) is 1.09. The van der Waals surface area contributed by atoms with Crippen molar-refractivity contribution in [2.24, 2.45) is 11.8 Å². The van der Waals surface area contributed by atoms with Crippen LogP contribution in [0.25, 0.3) is 17.0 Å². The topological polar surface area (TPSA) is 46.9 Å². The Morgan fingerprint density at radius 1 is 0.913 bits per heavy atom. The van der Waals surface area contributed by atoms with Crippen LogP contribution in [0.1, 0.15) is 55.2 Å². The van der Waals surface area contributed by atoms with Gasteiger partial charge in [0.25, 0.3) is 0 Å². The molecule has 0 N–H and O–H groups in total. The summed E-state index contributed by atoms with van der Waals surface area (Å²) in [6.07, 6.45) is 11.3. The summed E-state index contributed by atoms with van der Waals surface area (Å²) >= 11 is 0. The van der Waals surface area contributed by atoms with E-state index in [2.05, 4.69) is 50.9 Å². The van der Waals surface area contributed by atoms with Gasteiger partial charge in [-0.15, -0.1) is 0 Å². The lowest BCUT2D eigenvalue weighted by Crippen LogP contribution is -2.66. The van der Waals surface area contributed by atoms with Gasteiger partial charge >= 0.3 is 0 Å². The molecule has 4 aliphatic heterocycles. The van der Waals surface area contributed by atoms with Gasteiger partial charge in [-0.05, 0) is 123 Å². The van der Waals surface area contributed by atoms with Crippen LogP contribution >= 0.6 is 0 Å². The molecule has 3 aromatic carbocycles. The summed E-state index contributed by atoms with van der Waals surface area (Å²) in [6, 6.07) is 21.8. The van der Waals surface area contributed by atoms with Gasteiger partial charge in [0.2, 0.25) is 5.91 Å². The highest BCUT2D eigenvalue weighted by molar-refractivity contribution is 6.02. The van der Waals surface area contributed by atoms with Crippen molar-refractivity contribution in [2.75, 3.05) is 26.7 Å². The fraction of sp³-hybridized carbons (Fsp3) is 0.410. The number of halogens is 1. The first kappa shape index (κ1) is 29.3. The molecule has 1 amide bonds. The molecule has 8 rings (SSSR count). The standard InChI is InChI=1S/C39H42FN3O3/c1-45-33-15-17-36-35(21-33)30(23-42(36)22-26-8-13-32(14-9-26)46-25-27-6-11-31(40)12-7-27)20-28-10-16-37-34-5-3-19-41-18-2-4-29(38(34)41)24-43(37)39(28)44/h6-9,11-15,17,20-21,23,29,34,37-38H,2-5,10,16,18-19,22,24-25H2,1H3/b28-20+/t29-,34-,37-,38+/m1/s1. The second kappa shape index (κ2) is 12.3. The largest absolute Gasteiger partial charge is 0.497 e. The Bertz CT molecular complexity index is 1760. The number of rotatable bonds is 7. The molecule has 1 aromatic heterocycles. The fourth-order valence-electron chi connectivity index (χ4n) is 8.83. The molecule has 0 radical (unpaired) electrons. The molecule has 238 valence electrons. The monoisotopic (exact) mass is 619 g/mol. The Hall–Kier alpha value is -4.10. The van der Waals surface area contributed by atoms with Crippen LogP contribution in [0, 0.1) is 17.7 Å². The van der Waals surface area contributed by atoms with Crippen molar-refractivity contribution < 1.29 is 18.7 Å². The second-order valence-electron chi connectivity index (χ2n) is 13.6. The van der Waals surface area contributed by atoms with Crippen molar-refractivity contribution in [3.05, 3.63) is 101 Å². The summed E-state index contributed by atoms with van der Waals surface area (Å²) in [7, 11) is 1.70. The molecule has 0 aliphatic carbocycles. The minimum Gasteiger partial charge on any atom is -0.497 e. The van der Waals surface area contributed by atoms with Crippen LogP contribution in [0.4, 0.5) is 4.39 Å². The van der Waals surface area contributed by atoms with E-state index in [-0.39, 0.29) is 11.7 Å². The number of amides is 1. The van der Waals surface area contributed by atoms with Gasteiger partial charge in [-0.25, -0.2) is 4.39 Å². The average Bonchev–Trinajstić information content (AvgIpc) is 3.42. The number of nitrogens with zero attached hydrogens (tertiary/aromatic N) is 3. The molecule has 6 nitrogen and oxygen atoms in total. The molecule has 5 heterocycles. The van der Waals surface area contributed by atoms with Crippen molar-refractivity contribution in [2.45, 2.75) is 63.8 Å². The van der Waals surface area contributed by atoms with Gasteiger partial charge in [0.05, 0.1) is 7.11 Å². The summed E-state index contributed by atoms with van der Waals surface area (Å²) in [6.45, 7) is 4.48. The number of carbonyl (C=O) groups excluding carboxylic acids is 1. The first-order chi connectivity index (χ1) is 22.5. The predicted molar refractivity (Wildman–Crippen MR) is 178 cm³/mol. The molecule has 4 saturated heterocycles. The molecule has 4 aromatic rings. The summed E-state index contributed by atoms with van der Waals surface area (Å²) in [4.78, 5) is 19.2. The zero-order valence-electron chi connectivity index (χ0n) is 26.5. The van der Waals surface area contributed by atoms with E-state index in [4.69, 9.17) is 9.47 Å². The molecule has 0 saturated carbocycles. The first-order valence-corrected chi connectivity index (χ1v) is 16.9. The number of hydrogen-bond acceptors (Lipinski definition) is 4. The maximum absolute atomic E-state index is 14.1. The predicted octanol–water partition coefficient (Wildman–Crippen LogP) is 7.29. The highest BCUT2D eigenvalue weighted by atomic mass is 19.1. The van der Waals surface area contributed by atoms with Gasteiger partial charge in [-0.2, -0.15) is 0 Å². The Balaban J connectivity index is 1.03. The third-order valence-corrected chi connectivity index (χ3v) is 11.0. The lowest BCUT2D eigenvalue weighted by atomic mass is 9.67. The van der Waals surface area contributed by atoms with Crippen molar-refractivity contribution in [1.29, 1.82) is 0 Å². The van der Waals surface area contributed by atoms with E-state index in [0.717, 1.165) is 64.1 Å². The smallest absolute Gasteiger partial charge is 0.250 e. The van der Waals surface area contributed by atoms with Crippen LogP contribution in [0.5, 0.6) is 11.5 Å². The maximum Gasteiger partial charge on any atom is 0.250 e. The van der Waals surface area contributed by atoms with E-state index in [1.54, 1.807) is 19.2 Å². The highest BCUT2D eigenvalue weighted by Crippen LogP contribution is 2.45. The number of benzene rings is 3. The van der Waals surface area contributed by atoms with E-state index >= 15 is 0 Å². The minimum absolute atomic E-state index is 0.248. The highest BCUT2D eigenvalue weighted by Gasteiger charge is 2.51. The van der Waals surface area contributed by atoms with Crippen LogP contribution in [-0.2, 0) is 17.9 Å². The quantitative estimate of drug-likeness (QED) is 0.204. The van der Waals surface area contributed by atoms with Crippen molar-refractivity contribution >= 4 is 22.9 Å². The van der Waals surface area contributed by atoms with Crippen LogP contribution in [0.15, 0.2) is 78.5 Å². The van der Waals surface area contributed by atoms with Gasteiger partial charge in [0.15, 0.2) is 0 Å². The molecule has 0 bridgehead atoms. The molecular weight excluding hydrogens is 577 g/mol. The summed E-state index contributed by atoms with van der Waals surface area (Å²) < 4.78 is 27.0. The molecule has 4 aliphatic rings. The lowest BCUT2D eigenvalue weighted by molar-refractivity contribution is -0.145.